The van der Waals surface area contributed by atoms with Crippen LogP contribution in [0.2, 0.25) is 0 Å². The Bertz CT molecular complexity index is 1050. The molecule has 7 nitrogen and oxygen atoms in total. The van der Waals surface area contributed by atoms with E-state index in [0.29, 0.717) is 30.7 Å². The van der Waals surface area contributed by atoms with Gasteiger partial charge >= 0.3 is 5.97 Å². The smallest absolute Gasteiger partial charge is 0.303 e. The third kappa shape index (κ3) is 2.58. The Labute approximate surface area is 192 Å². The summed E-state index contributed by atoms with van der Waals surface area (Å²) < 4.78 is 28.2. The lowest BCUT2D eigenvalue weighted by Crippen LogP contribution is -2.69. The Balaban J connectivity index is 1.60. The first-order valence-electron chi connectivity index (χ1n) is 11.6. The topological polar surface area (TPSA) is 102 Å². The van der Waals surface area contributed by atoms with E-state index >= 15 is 4.39 Å². The van der Waals surface area contributed by atoms with Gasteiger partial charge in [-0.3, -0.25) is 14.4 Å². The summed E-state index contributed by atoms with van der Waals surface area (Å²) in [6.07, 6.45) is 3.97. The minimum absolute atomic E-state index is 0.0117. The van der Waals surface area contributed by atoms with Gasteiger partial charge in [0.1, 0.15) is 6.10 Å². The Morgan fingerprint density at radius 1 is 1.33 bits per heavy atom. The monoisotopic (exact) mass is 459 g/mol. The number of hydrogen-bond donors (Lipinski definition) is 1. The highest BCUT2D eigenvalue weighted by atomic mass is 19.1. The maximum absolute atomic E-state index is 17.2. The molecule has 0 amide bonds. The molecule has 0 radical (unpaired) electrons. The predicted molar refractivity (Wildman–Crippen MR) is 116 cm³/mol. The molecule has 1 heterocycles. The summed E-state index contributed by atoms with van der Waals surface area (Å²) in [5, 5.41) is 11.4. The van der Waals surface area contributed by atoms with Gasteiger partial charge in [0.25, 0.3) is 0 Å². The molecule has 3 saturated carbocycles. The van der Waals surface area contributed by atoms with E-state index in [0.717, 1.165) is 0 Å². The van der Waals surface area contributed by atoms with Crippen LogP contribution in [0.3, 0.4) is 0 Å². The molecule has 0 saturated heterocycles. The van der Waals surface area contributed by atoms with Gasteiger partial charge < -0.3 is 14.6 Å². The summed E-state index contributed by atoms with van der Waals surface area (Å²) in [7, 11) is 0. The van der Waals surface area contributed by atoms with E-state index in [9.17, 15) is 19.5 Å². The zero-order chi connectivity index (χ0) is 24.0. The summed E-state index contributed by atoms with van der Waals surface area (Å²) in [4.78, 5) is 41.6. The van der Waals surface area contributed by atoms with E-state index in [1.54, 1.807) is 19.9 Å². The van der Waals surface area contributed by atoms with Gasteiger partial charge in [-0.05, 0) is 50.7 Å². The summed E-state index contributed by atoms with van der Waals surface area (Å²) in [6, 6.07) is 0. The number of aliphatic hydroxyl groups is 1. The van der Waals surface area contributed by atoms with E-state index in [1.165, 1.54) is 19.1 Å². The Morgan fingerprint density at radius 2 is 2.06 bits per heavy atom. The number of ketones is 2. The van der Waals surface area contributed by atoms with Crippen molar-refractivity contribution in [2.24, 2.45) is 27.7 Å². The molecular formula is C25H30FNO6. The number of aliphatic hydroxyl groups excluding tert-OH is 1. The van der Waals surface area contributed by atoms with Crippen molar-refractivity contribution in [2.75, 3.05) is 6.61 Å². The van der Waals surface area contributed by atoms with Crippen LogP contribution < -0.4 is 0 Å². The zero-order valence-corrected chi connectivity index (χ0v) is 19.4. The van der Waals surface area contributed by atoms with Gasteiger partial charge in [0.05, 0.1) is 6.10 Å². The molecule has 8 heteroatoms. The van der Waals surface area contributed by atoms with Crippen molar-refractivity contribution in [1.29, 1.82) is 0 Å². The Kier molecular flexibility index (Phi) is 4.65. The van der Waals surface area contributed by atoms with E-state index in [1.807, 2.05) is 6.92 Å². The Morgan fingerprint density at radius 3 is 2.76 bits per heavy atom. The van der Waals surface area contributed by atoms with Crippen LogP contribution in [-0.2, 0) is 23.9 Å². The van der Waals surface area contributed by atoms with Crippen LogP contribution in [0, 0.1) is 22.7 Å². The maximum Gasteiger partial charge on any atom is 0.303 e. The van der Waals surface area contributed by atoms with Crippen LogP contribution in [0.15, 0.2) is 28.8 Å². The highest BCUT2D eigenvalue weighted by molar-refractivity contribution is 6.01. The maximum atomic E-state index is 17.2. The third-order valence-electron chi connectivity index (χ3n) is 9.31. The number of carbonyl (C=O) groups excluding carboxylic acids is 3. The van der Waals surface area contributed by atoms with E-state index in [-0.39, 0.29) is 23.9 Å². The van der Waals surface area contributed by atoms with Crippen LogP contribution in [0.1, 0.15) is 53.4 Å². The van der Waals surface area contributed by atoms with Gasteiger partial charge in [-0.1, -0.05) is 18.6 Å². The quantitative estimate of drug-likeness (QED) is 0.651. The Hall–Kier alpha value is -2.35. The first-order chi connectivity index (χ1) is 15.4. The molecular weight excluding hydrogens is 429 g/mol. The van der Waals surface area contributed by atoms with Gasteiger partial charge in [-0.2, -0.15) is 0 Å². The first kappa shape index (κ1) is 22.4. The van der Waals surface area contributed by atoms with Crippen LogP contribution in [0.5, 0.6) is 0 Å². The van der Waals surface area contributed by atoms with Gasteiger partial charge in [0, 0.05) is 30.6 Å². The zero-order valence-electron chi connectivity index (χ0n) is 19.4. The number of halogens is 1. The van der Waals surface area contributed by atoms with E-state index in [4.69, 9.17) is 9.47 Å². The molecule has 3 fully saturated rings. The van der Waals surface area contributed by atoms with Crippen molar-refractivity contribution in [2.45, 2.75) is 76.8 Å². The number of fused-ring (bicyclic) bond motifs is 7. The molecule has 1 unspecified atom stereocenters. The fraction of sp³-hybridized carbons (Fsp3) is 0.680. The van der Waals surface area contributed by atoms with Crippen molar-refractivity contribution < 1.29 is 33.4 Å². The fourth-order valence-electron chi connectivity index (χ4n) is 7.85. The molecule has 8 atom stereocenters. The second kappa shape index (κ2) is 6.84. The molecule has 1 aliphatic heterocycles. The molecule has 33 heavy (non-hydrogen) atoms. The molecule has 4 aliphatic carbocycles. The number of ether oxygens (including phenoxy) is 2. The lowest BCUT2D eigenvalue weighted by Gasteiger charge is -2.62. The summed E-state index contributed by atoms with van der Waals surface area (Å²) in [5.41, 5.74) is -4.60. The number of rotatable bonds is 3. The molecule has 0 aromatic rings. The highest BCUT2D eigenvalue weighted by Gasteiger charge is 2.78. The number of Topliss-reactive ketones (excluding diaryl/α,β-unsaturated/α-hetero) is 1. The number of esters is 1. The van der Waals surface area contributed by atoms with Crippen molar-refractivity contribution in [1.82, 2.24) is 0 Å². The normalized spacial score (nSPS) is 47.4. The lowest BCUT2D eigenvalue weighted by molar-refractivity contribution is -0.198. The summed E-state index contributed by atoms with van der Waals surface area (Å²) >= 11 is 0. The van der Waals surface area contributed by atoms with Crippen LogP contribution in [0.4, 0.5) is 4.39 Å². The minimum Gasteiger partial charge on any atom is -0.475 e. The van der Waals surface area contributed by atoms with Gasteiger partial charge in [0.15, 0.2) is 29.5 Å². The third-order valence-corrected chi connectivity index (χ3v) is 9.31. The van der Waals surface area contributed by atoms with E-state index < -0.39 is 52.7 Å². The lowest BCUT2D eigenvalue weighted by atomic mass is 9.44. The van der Waals surface area contributed by atoms with E-state index in [2.05, 4.69) is 4.99 Å². The van der Waals surface area contributed by atoms with Crippen molar-refractivity contribution in [3.05, 3.63) is 23.8 Å². The average molecular weight is 460 g/mol. The molecule has 0 aromatic heterocycles. The number of aliphatic imine (C=N–C) groups is 1. The largest absolute Gasteiger partial charge is 0.475 e. The summed E-state index contributed by atoms with van der Waals surface area (Å²) in [6.45, 7) is 6.13. The van der Waals surface area contributed by atoms with Gasteiger partial charge in [0.2, 0.25) is 5.78 Å². The van der Waals surface area contributed by atoms with Crippen molar-refractivity contribution in [3.63, 3.8) is 0 Å². The van der Waals surface area contributed by atoms with Gasteiger partial charge in [-0.25, -0.2) is 9.38 Å². The number of alkyl halides is 1. The SMILES string of the molecule is CC(=O)OCC(=O)[C@@]12N=C(C)O[C@@H]1C[C@H]1C3CCC4=CC(=O)C=C[C@]4(C)[C@@]3(F)[C@@H](O)C[C@@]12C. The van der Waals surface area contributed by atoms with Crippen molar-refractivity contribution in [3.8, 4) is 0 Å². The molecule has 0 bridgehead atoms. The predicted octanol–water partition coefficient (Wildman–Crippen LogP) is 2.66. The second-order valence-corrected chi connectivity index (χ2v) is 10.7. The van der Waals surface area contributed by atoms with Crippen LogP contribution in [0.25, 0.3) is 0 Å². The first-order valence-corrected chi connectivity index (χ1v) is 11.6. The highest BCUT2D eigenvalue weighted by Crippen LogP contribution is 2.71. The van der Waals surface area contributed by atoms with Crippen LogP contribution >= 0.6 is 0 Å². The standard InChI is InChI=1S/C25H30FNO6/c1-13-27-25(20(31)12-32-14(2)28)21(33-13)10-18-17-6-5-15-9-16(29)7-8-22(15,3)24(17,26)19(30)11-23(18,25)4/h7-9,17-19,21,30H,5-6,10-12H2,1-4H3/t17?,18-,19-,21+,22-,23-,24-,25+/m0/s1. The minimum atomic E-state index is -1.99. The second-order valence-electron chi connectivity index (χ2n) is 10.7. The number of carbonyl (C=O) groups is 3. The molecule has 5 rings (SSSR count). The molecule has 178 valence electrons. The number of nitrogens with zero attached hydrogens (tertiary/aromatic N) is 1. The molecule has 1 N–H and O–H groups in total. The van der Waals surface area contributed by atoms with Crippen molar-refractivity contribution >= 4 is 23.4 Å². The molecule has 0 spiro atoms. The number of allylic oxidation sites excluding steroid dienone is 4. The molecule has 0 aromatic carbocycles. The van der Waals surface area contributed by atoms with Crippen LogP contribution in [-0.4, -0.2) is 58.6 Å². The average Bonchev–Trinajstić information content (AvgIpc) is 3.19. The fourth-order valence-corrected chi connectivity index (χ4v) is 7.85. The van der Waals surface area contributed by atoms with Gasteiger partial charge in [-0.15, -0.1) is 0 Å². The molecule has 5 aliphatic rings. The number of hydrogen-bond acceptors (Lipinski definition) is 7. The summed E-state index contributed by atoms with van der Waals surface area (Å²) in [5.74, 6) is -1.57.